The second-order valence-corrected chi connectivity index (χ2v) is 5.42. The molecule has 0 radical (unpaired) electrons. The van der Waals surface area contributed by atoms with Crippen LogP contribution >= 0.6 is 22.9 Å². The molecule has 0 bridgehead atoms. The van der Waals surface area contributed by atoms with Crippen molar-refractivity contribution in [3.8, 4) is 0 Å². The van der Waals surface area contributed by atoms with Crippen LogP contribution in [0.15, 0.2) is 29.6 Å². The van der Waals surface area contributed by atoms with Gasteiger partial charge in [-0.3, -0.25) is 0 Å². The summed E-state index contributed by atoms with van der Waals surface area (Å²) < 4.78 is 0. The molecular formula is C13H15ClN2S. The van der Waals surface area contributed by atoms with Crippen LogP contribution in [0.1, 0.15) is 22.2 Å². The fraction of sp³-hybridized carbons (Fsp3) is 0.308. The summed E-state index contributed by atoms with van der Waals surface area (Å²) in [4.78, 5) is 4.51. The van der Waals surface area contributed by atoms with Crippen molar-refractivity contribution in [2.24, 2.45) is 5.73 Å². The average Bonchev–Trinajstić information content (AvgIpc) is 2.73. The smallest absolute Gasteiger partial charge is 0.0975 e. The number of hydrogen-bond donors (Lipinski definition) is 1. The number of nitrogens with zero attached hydrogens (tertiary/aromatic N) is 1. The summed E-state index contributed by atoms with van der Waals surface area (Å²) in [6.45, 7) is 2.62. The number of halogens is 1. The van der Waals surface area contributed by atoms with Crippen molar-refractivity contribution >= 4 is 22.9 Å². The van der Waals surface area contributed by atoms with Gasteiger partial charge in [-0.1, -0.05) is 23.7 Å². The Morgan fingerprint density at radius 1 is 1.47 bits per heavy atom. The van der Waals surface area contributed by atoms with Gasteiger partial charge in [-0.25, -0.2) is 4.98 Å². The van der Waals surface area contributed by atoms with Crippen molar-refractivity contribution in [3.63, 3.8) is 0 Å². The van der Waals surface area contributed by atoms with Gasteiger partial charge in [-0.05, 0) is 31.0 Å². The molecule has 1 unspecified atom stereocenters. The summed E-state index contributed by atoms with van der Waals surface area (Å²) in [7, 11) is 0. The molecule has 1 aromatic carbocycles. The summed E-state index contributed by atoms with van der Waals surface area (Å²) >= 11 is 7.66. The predicted molar refractivity (Wildman–Crippen MR) is 73.8 cm³/mol. The van der Waals surface area contributed by atoms with Crippen LogP contribution in [0.3, 0.4) is 0 Å². The highest BCUT2D eigenvalue weighted by Crippen LogP contribution is 2.24. The molecule has 90 valence electrons. The molecule has 4 heteroatoms. The topological polar surface area (TPSA) is 38.9 Å². The van der Waals surface area contributed by atoms with Crippen LogP contribution in [0.25, 0.3) is 0 Å². The van der Waals surface area contributed by atoms with Crippen LogP contribution in [0, 0.1) is 6.92 Å². The normalized spacial score (nSPS) is 12.6. The Balaban J connectivity index is 2.15. The summed E-state index contributed by atoms with van der Waals surface area (Å²) in [5, 5.41) is 3.95. The second-order valence-electron chi connectivity index (χ2n) is 4.09. The van der Waals surface area contributed by atoms with Crippen molar-refractivity contribution in [1.82, 2.24) is 4.98 Å². The maximum atomic E-state index is 5.98. The first-order chi connectivity index (χ1) is 8.19. The molecule has 0 saturated carbocycles. The van der Waals surface area contributed by atoms with Crippen LogP contribution in [-0.4, -0.2) is 11.5 Å². The summed E-state index contributed by atoms with van der Waals surface area (Å²) in [6.07, 6.45) is 0.893. The van der Waals surface area contributed by atoms with E-state index >= 15 is 0 Å². The molecule has 2 rings (SSSR count). The van der Waals surface area contributed by atoms with Gasteiger partial charge in [0.25, 0.3) is 0 Å². The molecule has 0 aliphatic carbocycles. The first-order valence-corrected chi connectivity index (χ1v) is 6.81. The lowest BCUT2D eigenvalue weighted by Crippen LogP contribution is -2.14. The zero-order valence-corrected chi connectivity index (χ0v) is 11.3. The SMILES string of the molecule is Cc1csc(C(CN)Cc2cccc(Cl)c2)n1. The van der Waals surface area contributed by atoms with Crippen LogP contribution < -0.4 is 5.73 Å². The van der Waals surface area contributed by atoms with Crippen LogP contribution in [0.2, 0.25) is 5.02 Å². The van der Waals surface area contributed by atoms with E-state index in [-0.39, 0.29) is 5.92 Å². The number of thiazole rings is 1. The van der Waals surface area contributed by atoms with Gasteiger partial charge in [0.05, 0.1) is 5.01 Å². The van der Waals surface area contributed by atoms with E-state index in [9.17, 15) is 0 Å². The summed E-state index contributed by atoms with van der Waals surface area (Å²) in [6, 6.07) is 7.92. The number of aromatic nitrogens is 1. The average molecular weight is 267 g/mol. The number of rotatable bonds is 4. The first-order valence-electron chi connectivity index (χ1n) is 5.55. The van der Waals surface area contributed by atoms with Gasteiger partial charge in [0.15, 0.2) is 0 Å². The van der Waals surface area contributed by atoms with Gasteiger partial charge in [-0.2, -0.15) is 0 Å². The lowest BCUT2D eigenvalue weighted by atomic mass is 10.00. The molecule has 2 nitrogen and oxygen atoms in total. The second kappa shape index (κ2) is 5.63. The summed E-state index contributed by atoms with van der Waals surface area (Å²) in [5.41, 5.74) is 8.11. The third kappa shape index (κ3) is 3.28. The van der Waals surface area contributed by atoms with E-state index in [0.29, 0.717) is 6.54 Å². The Bertz CT molecular complexity index is 496. The molecule has 17 heavy (non-hydrogen) atoms. The minimum atomic E-state index is 0.284. The lowest BCUT2D eigenvalue weighted by Gasteiger charge is -2.12. The maximum Gasteiger partial charge on any atom is 0.0975 e. The molecule has 0 aliphatic heterocycles. The van der Waals surface area contributed by atoms with E-state index < -0.39 is 0 Å². The molecule has 0 saturated heterocycles. The number of hydrogen-bond acceptors (Lipinski definition) is 3. The Labute approximate surface area is 110 Å². The lowest BCUT2D eigenvalue weighted by molar-refractivity contribution is 0.687. The minimum absolute atomic E-state index is 0.284. The number of aryl methyl sites for hydroxylation is 1. The highest BCUT2D eigenvalue weighted by molar-refractivity contribution is 7.09. The Kier molecular flexibility index (Phi) is 4.15. The monoisotopic (exact) mass is 266 g/mol. The van der Waals surface area contributed by atoms with Crippen molar-refractivity contribution < 1.29 is 0 Å². The number of nitrogens with two attached hydrogens (primary N) is 1. The molecule has 0 spiro atoms. The molecule has 1 atom stereocenters. The quantitative estimate of drug-likeness (QED) is 0.921. The van der Waals surface area contributed by atoms with Crippen LogP contribution in [-0.2, 0) is 6.42 Å². The fourth-order valence-electron chi connectivity index (χ4n) is 1.78. The van der Waals surface area contributed by atoms with E-state index in [0.717, 1.165) is 22.1 Å². The van der Waals surface area contributed by atoms with Crippen molar-refractivity contribution in [2.75, 3.05) is 6.54 Å². The third-order valence-corrected chi connectivity index (χ3v) is 4.00. The molecular weight excluding hydrogens is 252 g/mol. The van der Waals surface area contributed by atoms with Gasteiger partial charge in [0, 0.05) is 28.6 Å². The molecule has 0 fully saturated rings. The highest BCUT2D eigenvalue weighted by Gasteiger charge is 2.14. The van der Waals surface area contributed by atoms with Gasteiger partial charge in [-0.15, -0.1) is 11.3 Å². The van der Waals surface area contributed by atoms with Gasteiger partial charge >= 0.3 is 0 Å². The minimum Gasteiger partial charge on any atom is -0.330 e. The fourth-order valence-corrected chi connectivity index (χ4v) is 2.91. The van der Waals surface area contributed by atoms with Gasteiger partial charge in [0.1, 0.15) is 0 Å². The highest BCUT2D eigenvalue weighted by atomic mass is 35.5. The summed E-state index contributed by atoms with van der Waals surface area (Å²) in [5.74, 6) is 0.284. The molecule has 1 aromatic heterocycles. The van der Waals surface area contributed by atoms with Crippen molar-refractivity contribution in [3.05, 3.63) is 50.9 Å². The standard InChI is InChI=1S/C13H15ClN2S/c1-9-8-17-13(16-9)11(7-15)5-10-3-2-4-12(14)6-10/h2-4,6,8,11H,5,7,15H2,1H3. The van der Waals surface area contributed by atoms with E-state index in [1.54, 1.807) is 11.3 Å². The maximum absolute atomic E-state index is 5.98. The van der Waals surface area contributed by atoms with Crippen LogP contribution in [0.5, 0.6) is 0 Å². The van der Waals surface area contributed by atoms with Crippen molar-refractivity contribution in [2.45, 2.75) is 19.3 Å². The van der Waals surface area contributed by atoms with E-state index in [4.69, 9.17) is 17.3 Å². The largest absolute Gasteiger partial charge is 0.330 e. The Morgan fingerprint density at radius 3 is 2.88 bits per heavy atom. The predicted octanol–water partition coefficient (Wildman–Crippen LogP) is 3.39. The van der Waals surface area contributed by atoms with Gasteiger partial charge < -0.3 is 5.73 Å². The van der Waals surface area contributed by atoms with Crippen LogP contribution in [0.4, 0.5) is 0 Å². The molecule has 1 heterocycles. The van der Waals surface area contributed by atoms with Gasteiger partial charge in [0.2, 0.25) is 0 Å². The molecule has 0 aliphatic rings. The Hall–Kier alpha value is -0.900. The Morgan fingerprint density at radius 2 is 2.29 bits per heavy atom. The van der Waals surface area contributed by atoms with Crippen molar-refractivity contribution in [1.29, 1.82) is 0 Å². The number of benzene rings is 1. The third-order valence-electron chi connectivity index (χ3n) is 2.64. The zero-order valence-electron chi connectivity index (χ0n) is 9.69. The van der Waals surface area contributed by atoms with E-state index in [1.165, 1.54) is 5.56 Å². The van der Waals surface area contributed by atoms with E-state index in [2.05, 4.69) is 16.4 Å². The molecule has 0 amide bonds. The molecule has 2 aromatic rings. The first kappa shape index (κ1) is 12.6. The molecule has 2 N–H and O–H groups in total. The van der Waals surface area contributed by atoms with E-state index in [1.807, 2.05) is 25.1 Å². The zero-order chi connectivity index (χ0) is 12.3.